The van der Waals surface area contributed by atoms with E-state index in [4.69, 9.17) is 5.21 Å². The number of fused-ring (bicyclic) bond motifs is 1. The normalized spacial score (nSPS) is 13.7. The Hall–Kier alpha value is -3.25. The van der Waals surface area contributed by atoms with Crippen LogP contribution in [0.4, 0.5) is 5.69 Å². The Morgan fingerprint density at radius 1 is 1.21 bits per heavy atom. The zero-order valence-corrected chi connectivity index (χ0v) is 12.7. The average molecular weight is 321 g/mol. The standard InChI is InChI=1S/C18H15N3O3/c22-16(21-24)9-7-12-6-8-14-15(10-12)20-17(23)11-19-18(14)13-4-2-1-3-5-13/h1-10,24H,11H2,(H,20,23)(H,21,22)/b9-7-. The van der Waals surface area contributed by atoms with Gasteiger partial charge in [0.05, 0.1) is 11.4 Å². The Balaban J connectivity index is 2.02. The molecule has 2 amide bonds. The fourth-order valence-corrected chi connectivity index (χ4v) is 2.45. The largest absolute Gasteiger partial charge is 0.324 e. The lowest BCUT2D eigenvalue weighted by atomic mass is 9.99. The van der Waals surface area contributed by atoms with Gasteiger partial charge in [0.25, 0.3) is 5.91 Å². The van der Waals surface area contributed by atoms with Crippen molar-refractivity contribution in [3.63, 3.8) is 0 Å². The molecular formula is C18H15N3O3. The summed E-state index contributed by atoms with van der Waals surface area (Å²) in [6.45, 7) is 0.0526. The third-order valence-electron chi connectivity index (χ3n) is 3.54. The fraction of sp³-hybridized carbons (Fsp3) is 0.0556. The van der Waals surface area contributed by atoms with Crippen LogP contribution >= 0.6 is 0 Å². The fourth-order valence-electron chi connectivity index (χ4n) is 2.45. The molecule has 2 aromatic carbocycles. The number of benzodiazepines with no additional fused rings is 1. The number of hydrogen-bond acceptors (Lipinski definition) is 4. The highest BCUT2D eigenvalue weighted by Gasteiger charge is 2.17. The van der Waals surface area contributed by atoms with Crippen LogP contribution in [0, 0.1) is 0 Å². The molecule has 24 heavy (non-hydrogen) atoms. The van der Waals surface area contributed by atoms with Gasteiger partial charge >= 0.3 is 0 Å². The number of amides is 2. The van der Waals surface area contributed by atoms with E-state index in [9.17, 15) is 9.59 Å². The van der Waals surface area contributed by atoms with Gasteiger partial charge in [-0.15, -0.1) is 0 Å². The number of anilines is 1. The first-order chi connectivity index (χ1) is 11.7. The number of carbonyl (C=O) groups excluding carboxylic acids is 2. The molecule has 3 rings (SSSR count). The molecule has 0 saturated heterocycles. The lowest BCUT2D eigenvalue weighted by molar-refractivity contribution is -0.124. The topological polar surface area (TPSA) is 90.8 Å². The van der Waals surface area contributed by atoms with E-state index < -0.39 is 5.91 Å². The molecule has 0 fully saturated rings. The summed E-state index contributed by atoms with van der Waals surface area (Å²) in [5.74, 6) is -0.822. The first-order valence-electron chi connectivity index (χ1n) is 7.33. The second kappa shape index (κ2) is 6.89. The molecule has 0 radical (unpaired) electrons. The molecule has 3 N–H and O–H groups in total. The number of nitrogens with one attached hydrogen (secondary N) is 2. The van der Waals surface area contributed by atoms with Crippen molar-refractivity contribution < 1.29 is 14.8 Å². The molecule has 6 heteroatoms. The number of benzene rings is 2. The Morgan fingerprint density at radius 2 is 2.00 bits per heavy atom. The van der Waals surface area contributed by atoms with Crippen molar-refractivity contribution in [2.24, 2.45) is 4.99 Å². The van der Waals surface area contributed by atoms with Crippen molar-refractivity contribution in [3.8, 4) is 0 Å². The van der Waals surface area contributed by atoms with Crippen molar-refractivity contribution in [2.75, 3.05) is 11.9 Å². The summed E-state index contributed by atoms with van der Waals surface area (Å²) in [5, 5.41) is 11.3. The number of hydroxylamine groups is 1. The first-order valence-corrected chi connectivity index (χ1v) is 7.33. The number of aliphatic imine (C=N–C) groups is 1. The predicted octanol–water partition coefficient (Wildman–Crippen LogP) is 1.99. The summed E-state index contributed by atoms with van der Waals surface area (Å²) in [7, 11) is 0. The maximum absolute atomic E-state index is 11.9. The van der Waals surface area contributed by atoms with E-state index in [1.165, 1.54) is 11.6 Å². The maximum atomic E-state index is 11.9. The van der Waals surface area contributed by atoms with E-state index in [1.807, 2.05) is 42.5 Å². The minimum absolute atomic E-state index is 0.0526. The van der Waals surface area contributed by atoms with Gasteiger partial charge in [-0.1, -0.05) is 42.5 Å². The average Bonchev–Trinajstić information content (AvgIpc) is 2.78. The van der Waals surface area contributed by atoms with Crippen LogP contribution in [-0.4, -0.2) is 29.3 Å². The van der Waals surface area contributed by atoms with E-state index in [-0.39, 0.29) is 12.5 Å². The second-order valence-electron chi connectivity index (χ2n) is 5.19. The van der Waals surface area contributed by atoms with Gasteiger partial charge in [-0.25, -0.2) is 5.48 Å². The monoisotopic (exact) mass is 321 g/mol. The van der Waals surface area contributed by atoms with Crippen LogP contribution in [-0.2, 0) is 9.59 Å². The van der Waals surface area contributed by atoms with Gasteiger partial charge in [0, 0.05) is 17.2 Å². The van der Waals surface area contributed by atoms with Crippen molar-refractivity contribution in [3.05, 3.63) is 71.3 Å². The Kier molecular flexibility index (Phi) is 4.49. The predicted molar refractivity (Wildman–Crippen MR) is 91.0 cm³/mol. The van der Waals surface area contributed by atoms with Gasteiger partial charge in [0.15, 0.2) is 0 Å². The van der Waals surface area contributed by atoms with Gasteiger partial charge < -0.3 is 5.32 Å². The smallest absolute Gasteiger partial charge is 0.267 e. The Bertz CT molecular complexity index is 842. The highest BCUT2D eigenvalue weighted by molar-refractivity contribution is 6.19. The highest BCUT2D eigenvalue weighted by atomic mass is 16.5. The number of nitrogens with zero attached hydrogens (tertiary/aromatic N) is 1. The van der Waals surface area contributed by atoms with Gasteiger partial charge in [-0.05, 0) is 17.7 Å². The summed E-state index contributed by atoms with van der Waals surface area (Å²) >= 11 is 0. The Morgan fingerprint density at radius 3 is 2.75 bits per heavy atom. The zero-order chi connectivity index (χ0) is 16.9. The number of hydrogen-bond donors (Lipinski definition) is 3. The molecule has 2 aromatic rings. The highest BCUT2D eigenvalue weighted by Crippen LogP contribution is 2.24. The number of carbonyl (C=O) groups is 2. The third-order valence-corrected chi connectivity index (χ3v) is 3.54. The van der Waals surface area contributed by atoms with Crippen molar-refractivity contribution in [2.45, 2.75) is 0 Å². The van der Waals surface area contributed by atoms with Crippen LogP contribution in [0.25, 0.3) is 6.08 Å². The maximum Gasteiger partial charge on any atom is 0.267 e. The van der Waals surface area contributed by atoms with Crippen molar-refractivity contribution >= 4 is 29.3 Å². The zero-order valence-electron chi connectivity index (χ0n) is 12.7. The van der Waals surface area contributed by atoms with E-state index in [0.717, 1.165) is 16.8 Å². The van der Waals surface area contributed by atoms with Crippen molar-refractivity contribution in [1.29, 1.82) is 0 Å². The quantitative estimate of drug-likeness (QED) is 0.459. The molecule has 0 spiro atoms. The molecule has 0 aliphatic carbocycles. The second-order valence-corrected chi connectivity index (χ2v) is 5.19. The molecule has 0 saturated carbocycles. The van der Waals surface area contributed by atoms with Crippen LogP contribution in [0.3, 0.4) is 0 Å². The molecule has 1 heterocycles. The lowest BCUT2D eigenvalue weighted by Gasteiger charge is -2.11. The molecule has 0 atom stereocenters. The van der Waals surface area contributed by atoms with Crippen LogP contribution in [0.5, 0.6) is 0 Å². The van der Waals surface area contributed by atoms with Gasteiger partial charge in [-0.3, -0.25) is 19.8 Å². The van der Waals surface area contributed by atoms with Crippen LogP contribution < -0.4 is 10.8 Å². The van der Waals surface area contributed by atoms with E-state index in [1.54, 1.807) is 12.1 Å². The first kappa shape index (κ1) is 15.6. The summed E-state index contributed by atoms with van der Waals surface area (Å²) < 4.78 is 0. The summed E-state index contributed by atoms with van der Waals surface area (Å²) in [6.07, 6.45) is 2.74. The summed E-state index contributed by atoms with van der Waals surface area (Å²) in [5.41, 5.74) is 5.36. The molecular weight excluding hydrogens is 306 g/mol. The third kappa shape index (κ3) is 3.39. The SMILES string of the molecule is O=C(/C=C\c1ccc2c(c1)NC(=O)CN=C2c1ccccc1)NO. The van der Waals surface area contributed by atoms with Crippen LogP contribution in [0.2, 0.25) is 0 Å². The van der Waals surface area contributed by atoms with E-state index in [0.29, 0.717) is 11.3 Å². The minimum atomic E-state index is -0.625. The molecule has 0 unspecified atom stereocenters. The minimum Gasteiger partial charge on any atom is -0.324 e. The van der Waals surface area contributed by atoms with Crippen molar-refractivity contribution in [1.82, 2.24) is 5.48 Å². The molecule has 6 nitrogen and oxygen atoms in total. The Labute approximate surface area is 138 Å². The van der Waals surface area contributed by atoms with Crippen LogP contribution in [0.15, 0.2) is 59.6 Å². The summed E-state index contributed by atoms with van der Waals surface area (Å²) in [4.78, 5) is 27.4. The molecule has 1 aliphatic rings. The van der Waals surface area contributed by atoms with E-state index in [2.05, 4.69) is 10.3 Å². The molecule has 0 bridgehead atoms. The lowest BCUT2D eigenvalue weighted by Crippen LogP contribution is -2.15. The van der Waals surface area contributed by atoms with Crippen LogP contribution in [0.1, 0.15) is 16.7 Å². The van der Waals surface area contributed by atoms with Gasteiger partial charge in [-0.2, -0.15) is 0 Å². The van der Waals surface area contributed by atoms with E-state index >= 15 is 0 Å². The number of rotatable bonds is 3. The van der Waals surface area contributed by atoms with Gasteiger partial charge in [0.1, 0.15) is 6.54 Å². The molecule has 120 valence electrons. The van der Waals surface area contributed by atoms with Gasteiger partial charge in [0.2, 0.25) is 5.91 Å². The molecule has 0 aromatic heterocycles. The summed E-state index contributed by atoms with van der Waals surface area (Å²) in [6, 6.07) is 15.1. The molecule has 1 aliphatic heterocycles.